The van der Waals surface area contributed by atoms with E-state index in [2.05, 4.69) is 112 Å². The monoisotopic (exact) mass is 377 g/mol. The fraction of sp³-hybridized carbons (Fsp3) is 0.0769. The minimum Gasteiger partial charge on any atom is -0.309 e. The smallest absolute Gasteiger partial charge is 0.0544 e. The Morgan fingerprint density at radius 1 is 0.517 bits per heavy atom. The van der Waals surface area contributed by atoms with Crippen molar-refractivity contribution in [2.75, 3.05) is 0 Å². The van der Waals surface area contributed by atoms with E-state index in [-0.39, 0.29) is 0 Å². The number of aromatic nitrogens is 1. The molecule has 0 saturated heterocycles. The van der Waals surface area contributed by atoms with Crippen molar-refractivity contribution in [1.29, 1.82) is 0 Å². The van der Waals surface area contributed by atoms with Crippen LogP contribution >= 0.6 is 0 Å². The lowest BCUT2D eigenvalue weighted by atomic mass is 10.1. The lowest BCUT2D eigenvalue weighted by molar-refractivity contribution is 0.530. The summed E-state index contributed by atoms with van der Waals surface area (Å²) in [5, 5.41) is 2.57. The molecule has 0 aliphatic carbocycles. The molecule has 3 nitrogen and oxygen atoms in total. The van der Waals surface area contributed by atoms with Gasteiger partial charge in [-0.15, -0.1) is 0 Å². The molecule has 0 bridgehead atoms. The molecule has 0 radical (unpaired) electrons. The van der Waals surface area contributed by atoms with Crippen molar-refractivity contribution in [3.05, 3.63) is 114 Å². The average molecular weight is 377 g/mol. The molecule has 5 aromatic rings. The minimum absolute atomic E-state index is 0.763. The predicted octanol–water partition coefficient (Wildman–Crippen LogP) is 5.58. The summed E-state index contributed by atoms with van der Waals surface area (Å²) in [5.74, 6) is 0. The van der Waals surface area contributed by atoms with Gasteiger partial charge in [0.15, 0.2) is 0 Å². The summed E-state index contributed by atoms with van der Waals surface area (Å²) in [5.41, 5.74) is 12.8. The molecule has 5 rings (SSSR count). The first-order valence-electron chi connectivity index (χ1n) is 9.97. The van der Waals surface area contributed by atoms with Crippen LogP contribution in [0.4, 0.5) is 0 Å². The summed E-state index contributed by atoms with van der Waals surface area (Å²) in [6.45, 7) is 1.56. The Balaban J connectivity index is 1.45. The third kappa shape index (κ3) is 3.54. The molecule has 0 unspecified atom stereocenters. The van der Waals surface area contributed by atoms with Gasteiger partial charge in [0.1, 0.15) is 0 Å². The summed E-state index contributed by atoms with van der Waals surface area (Å²) in [6.07, 6.45) is 0. The van der Waals surface area contributed by atoms with Gasteiger partial charge in [0.25, 0.3) is 0 Å². The Kier molecular flexibility index (Phi) is 4.83. The van der Waals surface area contributed by atoms with E-state index < -0.39 is 0 Å². The molecular weight excluding hydrogens is 354 g/mol. The number of nitrogens with one attached hydrogen (secondary N) is 2. The molecule has 0 aliphatic rings. The van der Waals surface area contributed by atoms with Crippen LogP contribution in [0.2, 0.25) is 0 Å². The summed E-state index contributed by atoms with van der Waals surface area (Å²) in [7, 11) is 0. The average Bonchev–Trinajstić information content (AvgIpc) is 3.12. The summed E-state index contributed by atoms with van der Waals surface area (Å²) < 4.78 is 2.35. The predicted molar refractivity (Wildman–Crippen MR) is 121 cm³/mol. The van der Waals surface area contributed by atoms with Crippen LogP contribution in [0.15, 0.2) is 103 Å². The van der Waals surface area contributed by atoms with Crippen LogP contribution in [0.3, 0.4) is 0 Å². The first-order valence-corrected chi connectivity index (χ1v) is 9.97. The van der Waals surface area contributed by atoms with Crippen LogP contribution in [-0.2, 0) is 13.1 Å². The fourth-order valence-corrected chi connectivity index (χ4v) is 3.91. The molecule has 1 aromatic heterocycles. The Morgan fingerprint density at radius 2 is 1.14 bits per heavy atom. The first kappa shape index (κ1) is 17.7. The van der Waals surface area contributed by atoms with Crippen LogP contribution in [0, 0.1) is 0 Å². The van der Waals surface area contributed by atoms with E-state index in [0.717, 1.165) is 13.1 Å². The van der Waals surface area contributed by atoms with E-state index in [1.165, 1.54) is 38.6 Å². The van der Waals surface area contributed by atoms with Crippen LogP contribution in [-0.4, -0.2) is 4.57 Å². The van der Waals surface area contributed by atoms with Crippen LogP contribution in [0.25, 0.3) is 27.5 Å². The van der Waals surface area contributed by atoms with Crippen LogP contribution in [0.5, 0.6) is 0 Å². The zero-order chi connectivity index (χ0) is 19.5. The second-order valence-electron chi connectivity index (χ2n) is 7.23. The summed E-state index contributed by atoms with van der Waals surface area (Å²) >= 11 is 0. The van der Waals surface area contributed by atoms with Crippen LogP contribution in [0.1, 0.15) is 11.1 Å². The fourth-order valence-electron chi connectivity index (χ4n) is 3.91. The number of hydrazine groups is 1. The zero-order valence-corrected chi connectivity index (χ0v) is 16.2. The van der Waals surface area contributed by atoms with E-state index >= 15 is 0 Å². The molecule has 1 heterocycles. The number of benzene rings is 4. The van der Waals surface area contributed by atoms with Gasteiger partial charge >= 0.3 is 0 Å². The normalized spacial score (nSPS) is 11.3. The molecule has 2 N–H and O–H groups in total. The van der Waals surface area contributed by atoms with E-state index in [1.807, 2.05) is 6.07 Å². The van der Waals surface area contributed by atoms with Crippen molar-refractivity contribution in [3.8, 4) is 5.69 Å². The Morgan fingerprint density at radius 3 is 1.93 bits per heavy atom. The first-order chi connectivity index (χ1) is 14.4. The highest BCUT2D eigenvalue weighted by Gasteiger charge is 2.12. The number of para-hydroxylation sites is 2. The van der Waals surface area contributed by atoms with Gasteiger partial charge in [-0.3, -0.25) is 10.9 Å². The van der Waals surface area contributed by atoms with E-state index in [4.69, 9.17) is 0 Å². The molecule has 0 atom stereocenters. The summed E-state index contributed by atoms with van der Waals surface area (Å²) in [6, 6.07) is 36.4. The van der Waals surface area contributed by atoms with Crippen molar-refractivity contribution in [2.45, 2.75) is 13.1 Å². The second kappa shape index (κ2) is 7.92. The van der Waals surface area contributed by atoms with Gasteiger partial charge in [0.2, 0.25) is 0 Å². The van der Waals surface area contributed by atoms with Crippen LogP contribution < -0.4 is 10.9 Å². The van der Waals surface area contributed by atoms with Gasteiger partial charge in [0, 0.05) is 29.5 Å². The third-order valence-electron chi connectivity index (χ3n) is 5.31. The zero-order valence-electron chi connectivity index (χ0n) is 16.2. The maximum absolute atomic E-state index is 3.35. The van der Waals surface area contributed by atoms with Gasteiger partial charge in [-0.1, -0.05) is 78.9 Å². The van der Waals surface area contributed by atoms with Gasteiger partial charge in [-0.2, -0.15) is 0 Å². The largest absolute Gasteiger partial charge is 0.309 e. The number of fused-ring (bicyclic) bond motifs is 3. The highest BCUT2D eigenvalue weighted by Crippen LogP contribution is 2.32. The highest BCUT2D eigenvalue weighted by molar-refractivity contribution is 6.09. The van der Waals surface area contributed by atoms with Crippen molar-refractivity contribution >= 4 is 21.8 Å². The Labute approximate surface area is 170 Å². The third-order valence-corrected chi connectivity index (χ3v) is 5.31. The van der Waals surface area contributed by atoms with Gasteiger partial charge in [0.05, 0.1) is 11.0 Å². The SMILES string of the molecule is c1ccc(CNNCc2ccc3c4ccccc4n(-c4ccccc4)c3c2)cc1. The van der Waals surface area contributed by atoms with E-state index in [1.54, 1.807) is 0 Å². The lowest BCUT2D eigenvalue weighted by Crippen LogP contribution is -2.30. The second-order valence-corrected chi connectivity index (χ2v) is 7.23. The molecule has 0 amide bonds. The maximum Gasteiger partial charge on any atom is 0.0544 e. The molecule has 0 aliphatic heterocycles. The topological polar surface area (TPSA) is 29.0 Å². The van der Waals surface area contributed by atoms with E-state index in [0.29, 0.717) is 0 Å². The Hall–Kier alpha value is -3.40. The van der Waals surface area contributed by atoms with Gasteiger partial charge in [-0.05, 0) is 35.4 Å². The molecule has 29 heavy (non-hydrogen) atoms. The molecule has 0 fully saturated rings. The molecule has 4 aromatic carbocycles. The van der Waals surface area contributed by atoms with Crippen molar-refractivity contribution < 1.29 is 0 Å². The number of hydrogen-bond acceptors (Lipinski definition) is 2. The van der Waals surface area contributed by atoms with Crippen molar-refractivity contribution in [3.63, 3.8) is 0 Å². The van der Waals surface area contributed by atoms with Gasteiger partial charge in [-0.25, -0.2) is 0 Å². The molecule has 0 saturated carbocycles. The van der Waals surface area contributed by atoms with Crippen molar-refractivity contribution in [1.82, 2.24) is 15.4 Å². The minimum atomic E-state index is 0.763. The molecule has 142 valence electrons. The summed E-state index contributed by atoms with van der Waals surface area (Å²) in [4.78, 5) is 0. The molecule has 3 heteroatoms. The molecular formula is C26H23N3. The number of nitrogens with zero attached hydrogens (tertiary/aromatic N) is 1. The maximum atomic E-state index is 3.35. The highest BCUT2D eigenvalue weighted by atomic mass is 15.3. The lowest BCUT2D eigenvalue weighted by Gasteiger charge is -2.10. The number of hydrogen-bond donors (Lipinski definition) is 2. The number of rotatable bonds is 6. The van der Waals surface area contributed by atoms with E-state index in [9.17, 15) is 0 Å². The standard InChI is InChI=1S/C26H23N3/c1-3-9-20(10-4-1)18-27-28-19-21-15-16-24-23-13-7-8-14-25(23)29(26(24)17-21)22-11-5-2-6-12-22/h1-17,27-28H,18-19H2. The quantitative estimate of drug-likeness (QED) is 0.299. The van der Waals surface area contributed by atoms with Crippen molar-refractivity contribution in [2.24, 2.45) is 0 Å². The molecule has 0 spiro atoms. The van der Waals surface area contributed by atoms with Gasteiger partial charge < -0.3 is 4.57 Å². The Bertz CT molecular complexity index is 1240.